The van der Waals surface area contributed by atoms with Crippen LogP contribution in [0.25, 0.3) is 22.4 Å². The fourth-order valence-electron chi connectivity index (χ4n) is 4.02. The Morgan fingerprint density at radius 1 is 1.13 bits per heavy atom. The third-order valence-corrected chi connectivity index (χ3v) is 5.41. The van der Waals surface area contributed by atoms with E-state index in [0.717, 1.165) is 52.6 Å². The minimum absolute atomic E-state index is 0.669. The van der Waals surface area contributed by atoms with E-state index in [1.807, 2.05) is 39.1 Å². The van der Waals surface area contributed by atoms with Gasteiger partial charge in [0.25, 0.3) is 0 Å². The summed E-state index contributed by atoms with van der Waals surface area (Å²) in [6.45, 7) is 4.57. The predicted molar refractivity (Wildman–Crippen MR) is 121 cm³/mol. The molecule has 1 aliphatic carbocycles. The Bertz CT molecular complexity index is 1210. The highest BCUT2D eigenvalue weighted by Crippen LogP contribution is 2.45. The van der Waals surface area contributed by atoms with Crippen molar-refractivity contribution in [3.8, 4) is 22.9 Å². The SMILES string of the molecule is CNc1cc2c(cc1-c1nc3ccccc3n1C/C=C1\C=CC=CC1)OC(C)(C)O2. The molecule has 1 N–H and O–H groups in total. The summed E-state index contributed by atoms with van der Waals surface area (Å²) >= 11 is 0. The van der Waals surface area contributed by atoms with Crippen molar-refractivity contribution in [3.63, 3.8) is 0 Å². The Morgan fingerprint density at radius 3 is 2.70 bits per heavy atom. The van der Waals surface area contributed by atoms with Crippen LogP contribution in [0, 0.1) is 0 Å². The van der Waals surface area contributed by atoms with E-state index in [0.29, 0.717) is 0 Å². The lowest BCUT2D eigenvalue weighted by molar-refractivity contribution is -0.0431. The lowest BCUT2D eigenvalue weighted by Gasteiger charge is -2.16. The number of rotatable bonds is 4. The second kappa shape index (κ2) is 7.10. The van der Waals surface area contributed by atoms with E-state index in [2.05, 4.69) is 58.5 Å². The van der Waals surface area contributed by atoms with E-state index in [9.17, 15) is 0 Å². The largest absolute Gasteiger partial charge is 0.449 e. The topological polar surface area (TPSA) is 48.3 Å². The summed E-state index contributed by atoms with van der Waals surface area (Å²) in [4.78, 5) is 4.98. The van der Waals surface area contributed by atoms with Gasteiger partial charge in [0.2, 0.25) is 5.79 Å². The zero-order valence-electron chi connectivity index (χ0n) is 17.5. The lowest BCUT2D eigenvalue weighted by atomic mass is 10.1. The molecule has 0 fully saturated rings. The number of anilines is 1. The van der Waals surface area contributed by atoms with Gasteiger partial charge in [0.1, 0.15) is 5.82 Å². The van der Waals surface area contributed by atoms with Gasteiger partial charge in [-0.15, -0.1) is 0 Å². The molecule has 0 amide bonds. The van der Waals surface area contributed by atoms with Crippen LogP contribution in [0.4, 0.5) is 5.69 Å². The van der Waals surface area contributed by atoms with Crippen molar-refractivity contribution in [1.82, 2.24) is 9.55 Å². The third kappa shape index (κ3) is 3.26. The zero-order chi connectivity index (χ0) is 20.7. The summed E-state index contributed by atoms with van der Waals surface area (Å²) < 4.78 is 14.2. The van der Waals surface area contributed by atoms with Gasteiger partial charge in [0, 0.05) is 44.8 Å². The second-order valence-corrected chi connectivity index (χ2v) is 8.00. The van der Waals surface area contributed by atoms with Crippen LogP contribution < -0.4 is 14.8 Å². The number of allylic oxidation sites excluding steroid dienone is 6. The van der Waals surface area contributed by atoms with Crippen molar-refractivity contribution in [3.05, 3.63) is 72.4 Å². The van der Waals surface area contributed by atoms with Crippen LogP contribution in [0.5, 0.6) is 11.5 Å². The summed E-state index contributed by atoms with van der Waals surface area (Å²) in [5, 5.41) is 3.30. The first-order chi connectivity index (χ1) is 14.5. The van der Waals surface area contributed by atoms with Gasteiger partial charge in [-0.25, -0.2) is 4.98 Å². The monoisotopic (exact) mass is 399 g/mol. The molecule has 30 heavy (non-hydrogen) atoms. The van der Waals surface area contributed by atoms with Gasteiger partial charge in [-0.1, -0.05) is 42.5 Å². The number of imidazole rings is 1. The highest BCUT2D eigenvalue weighted by molar-refractivity contribution is 5.85. The molecule has 3 aromatic rings. The van der Waals surface area contributed by atoms with Gasteiger partial charge in [-0.05, 0) is 30.2 Å². The van der Waals surface area contributed by atoms with Crippen LogP contribution in [0.1, 0.15) is 20.3 Å². The second-order valence-electron chi connectivity index (χ2n) is 8.00. The van der Waals surface area contributed by atoms with Crippen molar-refractivity contribution in [2.45, 2.75) is 32.6 Å². The van der Waals surface area contributed by atoms with Crippen molar-refractivity contribution in [1.29, 1.82) is 0 Å². The maximum absolute atomic E-state index is 6.01. The number of aromatic nitrogens is 2. The van der Waals surface area contributed by atoms with E-state index in [4.69, 9.17) is 14.5 Å². The summed E-state index contributed by atoms with van der Waals surface area (Å²) in [5.41, 5.74) is 5.35. The molecule has 0 radical (unpaired) electrons. The molecule has 5 heteroatoms. The van der Waals surface area contributed by atoms with Crippen LogP contribution in [0.15, 0.2) is 72.4 Å². The van der Waals surface area contributed by atoms with Gasteiger partial charge in [-0.3, -0.25) is 0 Å². The Hall–Kier alpha value is -3.47. The smallest absolute Gasteiger partial charge is 0.246 e. The predicted octanol–water partition coefficient (Wildman–Crippen LogP) is 5.69. The number of benzene rings is 2. The first kappa shape index (κ1) is 18.6. The normalized spacial score (nSPS) is 17.8. The molecule has 2 aromatic carbocycles. The highest BCUT2D eigenvalue weighted by atomic mass is 16.7. The molecule has 5 rings (SSSR count). The zero-order valence-corrected chi connectivity index (χ0v) is 17.5. The Morgan fingerprint density at radius 2 is 1.93 bits per heavy atom. The fourth-order valence-corrected chi connectivity index (χ4v) is 4.02. The van der Waals surface area contributed by atoms with Gasteiger partial charge in [-0.2, -0.15) is 0 Å². The number of ether oxygens (including phenoxy) is 2. The van der Waals surface area contributed by atoms with Crippen LogP contribution in [-0.2, 0) is 6.54 Å². The molecule has 0 saturated heterocycles. The number of fused-ring (bicyclic) bond motifs is 2. The van der Waals surface area contributed by atoms with E-state index in [-0.39, 0.29) is 0 Å². The summed E-state index contributed by atoms with van der Waals surface area (Å²) in [6, 6.07) is 12.3. The molecule has 0 bridgehead atoms. The van der Waals surface area contributed by atoms with Crippen LogP contribution >= 0.6 is 0 Å². The first-order valence-corrected chi connectivity index (χ1v) is 10.3. The Kier molecular flexibility index (Phi) is 4.39. The number of hydrogen-bond donors (Lipinski definition) is 1. The Balaban J connectivity index is 1.64. The van der Waals surface area contributed by atoms with Crippen LogP contribution in [0.3, 0.4) is 0 Å². The van der Waals surface area contributed by atoms with E-state index >= 15 is 0 Å². The number of nitrogens with one attached hydrogen (secondary N) is 1. The molecule has 0 atom stereocenters. The maximum atomic E-state index is 6.01. The fraction of sp³-hybridized carbons (Fsp3) is 0.240. The van der Waals surface area contributed by atoms with Crippen molar-refractivity contribution >= 4 is 16.7 Å². The molecule has 2 aliphatic rings. The van der Waals surface area contributed by atoms with Gasteiger partial charge in [0.05, 0.1) is 11.0 Å². The van der Waals surface area contributed by atoms with Gasteiger partial charge < -0.3 is 19.4 Å². The molecule has 2 heterocycles. The van der Waals surface area contributed by atoms with Crippen molar-refractivity contribution < 1.29 is 9.47 Å². The molecule has 0 spiro atoms. The lowest BCUT2D eigenvalue weighted by Crippen LogP contribution is -2.29. The molecule has 1 aliphatic heterocycles. The average Bonchev–Trinajstić information content (AvgIpc) is 3.26. The molecule has 0 unspecified atom stereocenters. The van der Waals surface area contributed by atoms with Crippen molar-refractivity contribution in [2.24, 2.45) is 0 Å². The quantitative estimate of drug-likeness (QED) is 0.612. The molecule has 5 nitrogen and oxygen atoms in total. The van der Waals surface area contributed by atoms with E-state index in [1.54, 1.807) is 0 Å². The molecular weight excluding hydrogens is 374 g/mol. The summed E-state index contributed by atoms with van der Waals surface area (Å²) in [5.74, 6) is 1.73. The average molecular weight is 399 g/mol. The van der Waals surface area contributed by atoms with E-state index in [1.165, 1.54) is 5.57 Å². The minimum Gasteiger partial charge on any atom is -0.449 e. The standard InChI is InChI=1S/C25H25N3O2/c1-25(2)29-22-15-18(20(26-3)16-23(22)30-25)24-27-19-11-7-8-12-21(19)28(24)14-13-17-9-5-4-6-10-17/h4-9,11-13,15-16,26H,10,14H2,1-3H3/b17-13+. The highest BCUT2D eigenvalue weighted by Gasteiger charge is 2.33. The molecule has 1 aromatic heterocycles. The van der Waals surface area contributed by atoms with Crippen LogP contribution in [-0.4, -0.2) is 22.4 Å². The molecular formula is C25H25N3O2. The van der Waals surface area contributed by atoms with Crippen molar-refractivity contribution in [2.75, 3.05) is 12.4 Å². The minimum atomic E-state index is -0.669. The number of nitrogens with zero attached hydrogens (tertiary/aromatic N) is 2. The summed E-state index contributed by atoms with van der Waals surface area (Å²) in [6.07, 6.45) is 11.7. The van der Waals surface area contributed by atoms with Gasteiger partial charge >= 0.3 is 0 Å². The third-order valence-electron chi connectivity index (χ3n) is 5.41. The first-order valence-electron chi connectivity index (χ1n) is 10.3. The number of hydrogen-bond acceptors (Lipinski definition) is 4. The molecule has 152 valence electrons. The van der Waals surface area contributed by atoms with E-state index < -0.39 is 5.79 Å². The summed E-state index contributed by atoms with van der Waals surface area (Å²) in [7, 11) is 1.92. The maximum Gasteiger partial charge on any atom is 0.246 e. The Labute approximate surface area is 176 Å². The van der Waals surface area contributed by atoms with Gasteiger partial charge in [0.15, 0.2) is 11.5 Å². The number of para-hydroxylation sites is 2. The molecule has 0 saturated carbocycles. The van der Waals surface area contributed by atoms with Crippen LogP contribution in [0.2, 0.25) is 0 Å².